The van der Waals surface area contributed by atoms with E-state index in [0.29, 0.717) is 0 Å². The molecule has 0 aromatic carbocycles. The zero-order chi connectivity index (χ0) is 13.0. The lowest BCUT2D eigenvalue weighted by Crippen LogP contribution is -2.51. The minimum atomic E-state index is -0.0285. The number of hydrogen-bond donors (Lipinski definition) is 1. The summed E-state index contributed by atoms with van der Waals surface area (Å²) in [5.74, 6) is 0.183. The molecule has 1 aliphatic heterocycles. The van der Waals surface area contributed by atoms with Crippen molar-refractivity contribution in [1.29, 1.82) is 0 Å². The molecule has 2 rings (SSSR count). The summed E-state index contributed by atoms with van der Waals surface area (Å²) in [6.07, 6.45) is 6.61. The Bertz CT molecular complexity index is 419. The minimum Gasteiger partial charge on any atom is -0.310 e. The van der Waals surface area contributed by atoms with Gasteiger partial charge in [-0.15, -0.1) is 0 Å². The predicted molar refractivity (Wildman–Crippen MR) is 72.6 cm³/mol. The lowest BCUT2D eigenvalue weighted by molar-refractivity contribution is -0.121. The zero-order valence-electron chi connectivity index (χ0n) is 11.1. The van der Waals surface area contributed by atoms with Crippen LogP contribution in [0, 0.1) is 6.92 Å². The Kier molecular flexibility index (Phi) is 4.31. The fourth-order valence-corrected chi connectivity index (χ4v) is 2.33. The van der Waals surface area contributed by atoms with E-state index in [-0.39, 0.29) is 11.9 Å². The summed E-state index contributed by atoms with van der Waals surface area (Å²) < 4.78 is 0. The molecule has 4 nitrogen and oxygen atoms in total. The van der Waals surface area contributed by atoms with E-state index in [0.717, 1.165) is 43.6 Å². The second-order valence-electron chi connectivity index (χ2n) is 4.86. The van der Waals surface area contributed by atoms with Gasteiger partial charge < -0.3 is 10.2 Å². The summed E-state index contributed by atoms with van der Waals surface area (Å²) in [4.78, 5) is 18.4. The van der Waals surface area contributed by atoms with Crippen molar-refractivity contribution in [3.8, 4) is 0 Å². The smallest absolute Gasteiger partial charge is 0.244 e. The van der Waals surface area contributed by atoms with E-state index in [9.17, 15) is 4.79 Å². The Morgan fingerprint density at radius 3 is 3.06 bits per heavy atom. The van der Waals surface area contributed by atoms with Crippen molar-refractivity contribution in [2.24, 2.45) is 0 Å². The van der Waals surface area contributed by atoms with Crippen LogP contribution in [0.15, 0.2) is 18.5 Å². The monoisotopic (exact) mass is 247 g/mol. The molecule has 2 heterocycles. The van der Waals surface area contributed by atoms with Crippen LogP contribution in [0.25, 0.3) is 0 Å². The number of aryl methyl sites for hydroxylation is 1. The molecule has 0 bridgehead atoms. The first-order chi connectivity index (χ1) is 8.72. The van der Waals surface area contributed by atoms with Crippen molar-refractivity contribution in [3.63, 3.8) is 0 Å². The van der Waals surface area contributed by atoms with E-state index >= 15 is 0 Å². The van der Waals surface area contributed by atoms with Gasteiger partial charge in [-0.25, -0.2) is 0 Å². The number of amides is 1. The maximum atomic E-state index is 12.4. The number of hydrogen-bond acceptors (Lipinski definition) is 3. The normalized spacial score (nSPS) is 20.2. The van der Waals surface area contributed by atoms with Gasteiger partial charge >= 0.3 is 0 Å². The molecule has 18 heavy (non-hydrogen) atoms. The fraction of sp³-hybridized carbons (Fsp3) is 0.571. The lowest BCUT2D eigenvalue weighted by atomic mass is 10.0. The number of nitrogens with zero attached hydrogens (tertiary/aromatic N) is 2. The minimum absolute atomic E-state index is 0.0285. The second kappa shape index (κ2) is 5.96. The van der Waals surface area contributed by atoms with Crippen molar-refractivity contribution in [2.75, 3.05) is 18.0 Å². The Labute approximate surface area is 108 Å². The molecular formula is C14H21N3O. The number of carbonyl (C=O) groups excluding carboxylic acids is 1. The van der Waals surface area contributed by atoms with Crippen molar-refractivity contribution in [2.45, 2.75) is 39.2 Å². The van der Waals surface area contributed by atoms with Crippen molar-refractivity contribution < 1.29 is 4.79 Å². The highest BCUT2D eigenvalue weighted by atomic mass is 16.2. The van der Waals surface area contributed by atoms with E-state index in [2.05, 4.69) is 17.2 Å². The Morgan fingerprint density at radius 2 is 2.33 bits per heavy atom. The lowest BCUT2D eigenvalue weighted by Gasteiger charge is -2.32. The maximum Gasteiger partial charge on any atom is 0.244 e. The van der Waals surface area contributed by atoms with E-state index in [1.807, 2.05) is 24.1 Å². The Balaban J connectivity index is 2.11. The van der Waals surface area contributed by atoms with Crippen LogP contribution in [0.3, 0.4) is 0 Å². The van der Waals surface area contributed by atoms with Crippen LogP contribution in [0.2, 0.25) is 0 Å². The predicted octanol–water partition coefficient (Wildman–Crippen LogP) is 1.89. The van der Waals surface area contributed by atoms with Gasteiger partial charge in [-0.2, -0.15) is 0 Å². The van der Waals surface area contributed by atoms with Gasteiger partial charge in [-0.1, -0.05) is 6.92 Å². The quantitative estimate of drug-likeness (QED) is 0.883. The van der Waals surface area contributed by atoms with E-state index in [1.54, 1.807) is 6.20 Å². The summed E-state index contributed by atoms with van der Waals surface area (Å²) in [6.45, 7) is 5.81. The molecule has 1 atom stereocenters. The van der Waals surface area contributed by atoms with Gasteiger partial charge in [0.15, 0.2) is 0 Å². The van der Waals surface area contributed by atoms with Crippen LogP contribution < -0.4 is 10.2 Å². The maximum absolute atomic E-state index is 12.4. The molecule has 0 aliphatic carbocycles. The van der Waals surface area contributed by atoms with Crippen molar-refractivity contribution in [1.82, 2.24) is 10.3 Å². The summed E-state index contributed by atoms with van der Waals surface area (Å²) >= 11 is 0. The topological polar surface area (TPSA) is 45.2 Å². The molecule has 1 saturated heterocycles. The first-order valence-corrected chi connectivity index (χ1v) is 6.68. The third-order valence-corrected chi connectivity index (χ3v) is 3.25. The molecule has 1 amide bonds. The van der Waals surface area contributed by atoms with E-state index < -0.39 is 0 Å². The molecule has 0 spiro atoms. The van der Waals surface area contributed by atoms with Gasteiger partial charge in [0, 0.05) is 12.7 Å². The van der Waals surface area contributed by atoms with Gasteiger partial charge in [0.25, 0.3) is 0 Å². The molecule has 1 aliphatic rings. The standard InChI is InChI=1S/C14H21N3O/c1-3-6-16-13-5-4-7-17(14(13)18)12-8-11(2)9-15-10-12/h8-10,13,16H,3-7H2,1-2H3. The van der Waals surface area contributed by atoms with Crippen LogP contribution in [0.1, 0.15) is 31.7 Å². The first-order valence-electron chi connectivity index (χ1n) is 6.68. The van der Waals surface area contributed by atoms with Gasteiger partial charge in [-0.3, -0.25) is 9.78 Å². The Morgan fingerprint density at radius 1 is 1.50 bits per heavy atom. The van der Waals surface area contributed by atoms with Gasteiger partial charge in [0.05, 0.1) is 17.9 Å². The molecule has 1 unspecified atom stereocenters. The number of pyridine rings is 1. The largest absolute Gasteiger partial charge is 0.310 e. The third kappa shape index (κ3) is 2.88. The van der Waals surface area contributed by atoms with Crippen LogP contribution in [0.5, 0.6) is 0 Å². The summed E-state index contributed by atoms with van der Waals surface area (Å²) in [7, 11) is 0. The second-order valence-corrected chi connectivity index (χ2v) is 4.86. The number of carbonyl (C=O) groups is 1. The van der Waals surface area contributed by atoms with Crippen LogP contribution in [0.4, 0.5) is 5.69 Å². The summed E-state index contributed by atoms with van der Waals surface area (Å²) in [6, 6.07) is 1.99. The number of nitrogens with one attached hydrogen (secondary N) is 1. The highest BCUT2D eigenvalue weighted by Crippen LogP contribution is 2.21. The Hall–Kier alpha value is -1.42. The third-order valence-electron chi connectivity index (χ3n) is 3.25. The average Bonchev–Trinajstić information content (AvgIpc) is 2.37. The molecule has 0 radical (unpaired) electrons. The first kappa shape index (κ1) is 13.0. The number of aromatic nitrogens is 1. The zero-order valence-corrected chi connectivity index (χ0v) is 11.1. The highest BCUT2D eigenvalue weighted by molar-refractivity contribution is 5.97. The van der Waals surface area contributed by atoms with Crippen LogP contribution in [-0.2, 0) is 4.79 Å². The highest BCUT2D eigenvalue weighted by Gasteiger charge is 2.29. The molecular weight excluding hydrogens is 226 g/mol. The molecule has 1 N–H and O–H groups in total. The summed E-state index contributed by atoms with van der Waals surface area (Å²) in [5.41, 5.74) is 2.01. The van der Waals surface area contributed by atoms with E-state index in [4.69, 9.17) is 0 Å². The number of anilines is 1. The van der Waals surface area contributed by atoms with Gasteiger partial charge in [-0.05, 0) is 44.4 Å². The van der Waals surface area contributed by atoms with Crippen LogP contribution >= 0.6 is 0 Å². The molecule has 98 valence electrons. The molecule has 0 saturated carbocycles. The van der Waals surface area contributed by atoms with Gasteiger partial charge in [0.2, 0.25) is 5.91 Å². The van der Waals surface area contributed by atoms with Gasteiger partial charge in [0.1, 0.15) is 0 Å². The van der Waals surface area contributed by atoms with Crippen molar-refractivity contribution in [3.05, 3.63) is 24.0 Å². The van der Waals surface area contributed by atoms with E-state index in [1.165, 1.54) is 0 Å². The SMILES string of the molecule is CCCNC1CCCN(c2cncc(C)c2)C1=O. The molecule has 1 aromatic heterocycles. The molecule has 1 aromatic rings. The molecule has 1 fully saturated rings. The fourth-order valence-electron chi connectivity index (χ4n) is 2.33. The average molecular weight is 247 g/mol. The van der Waals surface area contributed by atoms with Crippen LogP contribution in [-0.4, -0.2) is 30.0 Å². The van der Waals surface area contributed by atoms with Crippen molar-refractivity contribution >= 4 is 11.6 Å². The summed E-state index contributed by atoms with van der Waals surface area (Å²) in [5, 5.41) is 3.32. The molecule has 4 heteroatoms. The number of rotatable bonds is 4. The number of piperidine rings is 1.